The van der Waals surface area contributed by atoms with E-state index in [4.69, 9.17) is 0 Å². The first-order valence-electron chi connectivity index (χ1n) is 5.87. The van der Waals surface area contributed by atoms with Crippen molar-refractivity contribution in [3.8, 4) is 0 Å². The zero-order valence-corrected chi connectivity index (χ0v) is 11.3. The topological polar surface area (TPSA) is 20.2 Å². The van der Waals surface area contributed by atoms with Crippen LogP contribution in [0.3, 0.4) is 0 Å². The fourth-order valence-electron chi connectivity index (χ4n) is 2.10. The fourth-order valence-corrected chi connectivity index (χ4v) is 2.96. The van der Waals surface area contributed by atoms with Crippen molar-refractivity contribution in [2.24, 2.45) is 0 Å². The van der Waals surface area contributed by atoms with Gasteiger partial charge in [-0.2, -0.15) is 0 Å². The molecule has 1 heterocycles. The lowest BCUT2D eigenvalue weighted by Crippen LogP contribution is -2.03. The Morgan fingerprint density at radius 2 is 1.71 bits per heavy atom. The van der Waals surface area contributed by atoms with Gasteiger partial charge in [-0.3, -0.25) is 0 Å². The molecule has 2 heteroatoms. The first kappa shape index (κ1) is 12.3. The van der Waals surface area contributed by atoms with Gasteiger partial charge in [0.25, 0.3) is 0 Å². The fraction of sp³-hybridized carbons (Fsp3) is 0.333. The zero-order chi connectivity index (χ0) is 12.4. The zero-order valence-electron chi connectivity index (χ0n) is 10.5. The van der Waals surface area contributed by atoms with Crippen LogP contribution >= 0.6 is 11.3 Å². The normalized spacial score (nSPS) is 12.7. The molecule has 1 unspecified atom stereocenters. The Labute approximate surface area is 107 Å². The van der Waals surface area contributed by atoms with Gasteiger partial charge in [-0.15, -0.1) is 11.3 Å². The molecule has 2 aromatic rings. The summed E-state index contributed by atoms with van der Waals surface area (Å²) in [6.07, 6.45) is 0.326. The quantitative estimate of drug-likeness (QED) is 0.869. The maximum Gasteiger partial charge on any atom is 0.0922 e. The monoisotopic (exact) mass is 246 g/mol. The molecule has 1 N–H and O–H groups in total. The van der Waals surface area contributed by atoms with Crippen molar-refractivity contribution >= 4 is 11.3 Å². The van der Waals surface area contributed by atoms with Crippen molar-refractivity contribution in [1.82, 2.24) is 0 Å². The summed E-state index contributed by atoms with van der Waals surface area (Å²) in [6.45, 7) is 6.28. The molecule has 0 amide bonds. The number of hydrogen-bond donors (Lipinski definition) is 1. The Kier molecular flexibility index (Phi) is 3.65. The van der Waals surface area contributed by atoms with Gasteiger partial charge >= 0.3 is 0 Å². The third-order valence-electron chi connectivity index (χ3n) is 3.13. The lowest BCUT2D eigenvalue weighted by molar-refractivity contribution is 0.182. The smallest absolute Gasteiger partial charge is 0.0922 e. The Bertz CT molecular complexity index is 493. The number of aliphatic hydroxyl groups is 1. The van der Waals surface area contributed by atoms with Crippen molar-refractivity contribution in [3.05, 3.63) is 56.8 Å². The molecule has 0 aliphatic heterocycles. The number of hydrogen-bond acceptors (Lipinski definition) is 2. The molecular formula is C15H18OS. The van der Waals surface area contributed by atoms with Crippen LogP contribution in [0.2, 0.25) is 0 Å². The van der Waals surface area contributed by atoms with E-state index in [1.54, 1.807) is 11.3 Å². The summed E-state index contributed by atoms with van der Waals surface area (Å²) < 4.78 is 0. The van der Waals surface area contributed by atoms with E-state index < -0.39 is 0 Å². The predicted octanol–water partition coefficient (Wildman–Crippen LogP) is 3.95. The first-order valence-corrected chi connectivity index (χ1v) is 6.69. The van der Waals surface area contributed by atoms with Gasteiger partial charge in [-0.25, -0.2) is 0 Å². The maximum absolute atomic E-state index is 10.2. The minimum Gasteiger partial charge on any atom is -0.387 e. The summed E-state index contributed by atoms with van der Waals surface area (Å²) in [6, 6.07) is 10.4. The molecule has 0 radical (unpaired) electrons. The molecule has 1 atom stereocenters. The third-order valence-corrected chi connectivity index (χ3v) is 4.23. The molecule has 0 bridgehead atoms. The second-order valence-corrected chi connectivity index (χ2v) is 5.86. The Balaban J connectivity index is 2.21. The van der Waals surface area contributed by atoms with Gasteiger partial charge in [0.05, 0.1) is 6.10 Å². The van der Waals surface area contributed by atoms with Gasteiger partial charge in [-0.05, 0) is 49.6 Å². The minimum atomic E-state index is -0.381. The van der Waals surface area contributed by atoms with E-state index >= 15 is 0 Å². The standard InChI is InChI=1S/C15H18OS/c1-10-5-4-6-11(2)13(10)9-14(16)15-8-7-12(3)17-15/h4-8,14,16H,9H2,1-3H3. The summed E-state index contributed by atoms with van der Waals surface area (Å²) in [7, 11) is 0. The van der Waals surface area contributed by atoms with E-state index in [0.717, 1.165) is 4.88 Å². The molecule has 0 saturated carbocycles. The van der Waals surface area contributed by atoms with Crippen molar-refractivity contribution in [2.75, 3.05) is 0 Å². The second kappa shape index (κ2) is 5.03. The van der Waals surface area contributed by atoms with E-state index in [9.17, 15) is 5.11 Å². The van der Waals surface area contributed by atoms with Gasteiger partial charge in [-0.1, -0.05) is 18.2 Å². The Hall–Kier alpha value is -1.12. The summed E-state index contributed by atoms with van der Waals surface area (Å²) in [5.74, 6) is 0. The summed E-state index contributed by atoms with van der Waals surface area (Å²) >= 11 is 1.68. The molecule has 90 valence electrons. The average molecular weight is 246 g/mol. The van der Waals surface area contributed by atoms with Crippen molar-refractivity contribution in [2.45, 2.75) is 33.3 Å². The Morgan fingerprint density at radius 1 is 1.06 bits per heavy atom. The predicted molar refractivity (Wildman–Crippen MR) is 73.6 cm³/mol. The average Bonchev–Trinajstić information content (AvgIpc) is 2.70. The van der Waals surface area contributed by atoms with E-state index in [0.29, 0.717) is 6.42 Å². The highest BCUT2D eigenvalue weighted by Gasteiger charge is 2.13. The summed E-state index contributed by atoms with van der Waals surface area (Å²) in [5.41, 5.74) is 3.79. The van der Waals surface area contributed by atoms with Crippen molar-refractivity contribution < 1.29 is 5.11 Å². The van der Waals surface area contributed by atoms with Crippen molar-refractivity contribution in [3.63, 3.8) is 0 Å². The highest BCUT2D eigenvalue weighted by molar-refractivity contribution is 7.12. The number of benzene rings is 1. The second-order valence-electron chi connectivity index (χ2n) is 4.54. The van der Waals surface area contributed by atoms with Crippen LogP contribution in [0.25, 0.3) is 0 Å². The number of rotatable bonds is 3. The van der Waals surface area contributed by atoms with Crippen molar-refractivity contribution in [1.29, 1.82) is 0 Å². The summed E-state index contributed by atoms with van der Waals surface area (Å²) in [5, 5.41) is 10.2. The lowest BCUT2D eigenvalue weighted by Gasteiger charge is -2.13. The molecule has 0 aliphatic carbocycles. The van der Waals surface area contributed by atoms with E-state index in [-0.39, 0.29) is 6.10 Å². The molecule has 17 heavy (non-hydrogen) atoms. The molecule has 0 aliphatic rings. The van der Waals surface area contributed by atoms with E-state index in [1.807, 2.05) is 6.07 Å². The molecule has 0 spiro atoms. The number of thiophene rings is 1. The van der Waals surface area contributed by atoms with Crippen LogP contribution in [0.4, 0.5) is 0 Å². The van der Waals surface area contributed by atoms with Gasteiger partial charge in [0.2, 0.25) is 0 Å². The highest BCUT2D eigenvalue weighted by Crippen LogP contribution is 2.27. The molecule has 1 nitrogen and oxygen atoms in total. The van der Waals surface area contributed by atoms with Gasteiger partial charge in [0, 0.05) is 16.2 Å². The first-order chi connectivity index (χ1) is 8.08. The number of aliphatic hydroxyl groups excluding tert-OH is 1. The SMILES string of the molecule is Cc1ccc(C(O)Cc2c(C)cccc2C)s1. The van der Waals surface area contributed by atoms with Crippen LogP contribution in [-0.4, -0.2) is 5.11 Å². The molecule has 2 rings (SSSR count). The van der Waals surface area contributed by atoms with Crippen LogP contribution in [0.5, 0.6) is 0 Å². The van der Waals surface area contributed by atoms with Crippen LogP contribution in [-0.2, 0) is 6.42 Å². The maximum atomic E-state index is 10.2. The molecular weight excluding hydrogens is 228 g/mol. The van der Waals surface area contributed by atoms with Gasteiger partial charge < -0.3 is 5.11 Å². The van der Waals surface area contributed by atoms with Crippen LogP contribution in [0.1, 0.15) is 32.5 Å². The van der Waals surface area contributed by atoms with Crippen LogP contribution < -0.4 is 0 Å². The van der Waals surface area contributed by atoms with Crippen LogP contribution in [0, 0.1) is 20.8 Å². The lowest BCUT2D eigenvalue weighted by atomic mass is 9.97. The molecule has 0 saturated heterocycles. The Morgan fingerprint density at radius 3 is 2.24 bits per heavy atom. The highest BCUT2D eigenvalue weighted by atomic mass is 32.1. The van der Waals surface area contributed by atoms with Gasteiger partial charge in [0.15, 0.2) is 0 Å². The van der Waals surface area contributed by atoms with E-state index in [2.05, 4.69) is 45.0 Å². The largest absolute Gasteiger partial charge is 0.387 e. The minimum absolute atomic E-state index is 0.381. The molecule has 1 aromatic heterocycles. The van der Waals surface area contributed by atoms with Gasteiger partial charge in [0.1, 0.15) is 0 Å². The van der Waals surface area contributed by atoms with E-state index in [1.165, 1.54) is 21.6 Å². The molecule has 1 aromatic carbocycles. The molecule has 0 fully saturated rings. The number of aryl methyl sites for hydroxylation is 3. The summed E-state index contributed by atoms with van der Waals surface area (Å²) in [4.78, 5) is 2.31. The third kappa shape index (κ3) is 2.76. The van der Waals surface area contributed by atoms with Crippen LogP contribution in [0.15, 0.2) is 30.3 Å².